The van der Waals surface area contributed by atoms with E-state index in [-0.39, 0.29) is 6.10 Å². The minimum atomic E-state index is -2.91. The van der Waals surface area contributed by atoms with Gasteiger partial charge in [0.25, 0.3) is 7.83 Å². The Kier molecular flexibility index (Phi) is 12.6. The average Bonchev–Trinajstić information content (AvgIpc) is 2.50. The molecule has 0 atom stereocenters. The summed E-state index contributed by atoms with van der Waals surface area (Å²) < 4.78 is 25.2. The monoisotopic (exact) mass is 366 g/mol. The molecule has 0 unspecified atom stereocenters. The summed E-state index contributed by atoms with van der Waals surface area (Å²) in [5.41, 5.74) is 11.6. The van der Waals surface area contributed by atoms with Gasteiger partial charge in [0.05, 0.1) is 0 Å². The van der Waals surface area contributed by atoms with Gasteiger partial charge in [0.2, 0.25) is 0 Å². The minimum Gasteiger partial charge on any atom is -0.408 e. The highest BCUT2D eigenvalue weighted by molar-refractivity contribution is 7.32. The maximum atomic E-state index is 6.58. The van der Waals surface area contributed by atoms with Crippen molar-refractivity contribution in [1.29, 1.82) is 0 Å². The Morgan fingerprint density at radius 2 is 1.17 bits per heavy atom. The number of hydrogen-bond donors (Lipinski definition) is 2. The Labute approximate surface area is 144 Å². The molecule has 0 aromatic rings. The van der Waals surface area contributed by atoms with Gasteiger partial charge in [0.15, 0.2) is 0 Å². The first-order chi connectivity index (χ1) is 11.0. The fourth-order valence-corrected chi connectivity index (χ4v) is 16.5. The quantitative estimate of drug-likeness (QED) is 0.432. The van der Waals surface area contributed by atoms with Crippen LogP contribution in [-0.4, -0.2) is 55.2 Å². The zero-order valence-electron chi connectivity index (χ0n) is 15.7. The molecule has 0 bridgehead atoms. The second-order valence-corrected chi connectivity index (χ2v) is 15.6. The van der Waals surface area contributed by atoms with Crippen LogP contribution in [0.1, 0.15) is 47.5 Å². The Morgan fingerprint density at radius 3 is 1.43 bits per heavy atom. The smallest absolute Gasteiger partial charge is 0.408 e. The molecule has 0 heterocycles. The summed E-state index contributed by atoms with van der Waals surface area (Å²) in [4.78, 5) is 0. The molecule has 0 aliphatic rings. The molecule has 0 aliphatic heterocycles. The number of nitrogens with two attached hydrogens (primary N) is 2. The first-order valence-corrected chi connectivity index (χ1v) is 14.0. The lowest BCUT2D eigenvalue weighted by atomic mass is 10.5. The molecule has 0 saturated carbocycles. The van der Waals surface area contributed by atoms with E-state index in [4.69, 9.17) is 29.2 Å². The van der Waals surface area contributed by atoms with Gasteiger partial charge in [-0.1, -0.05) is 0 Å². The zero-order chi connectivity index (χ0) is 17.8. The fourth-order valence-electron chi connectivity index (χ4n) is 2.94. The lowest BCUT2D eigenvalue weighted by molar-refractivity contribution is 0.0773. The second-order valence-electron chi connectivity index (χ2n) is 5.80. The summed E-state index contributed by atoms with van der Waals surface area (Å²) in [5.74, 6) is 0. The predicted molar refractivity (Wildman–Crippen MR) is 99.6 cm³/mol. The van der Waals surface area contributed by atoms with Gasteiger partial charge in [-0.05, 0) is 72.6 Å². The van der Waals surface area contributed by atoms with Crippen LogP contribution in [0.5, 0.6) is 0 Å². The maximum absolute atomic E-state index is 6.58. The summed E-state index contributed by atoms with van der Waals surface area (Å²) in [7, 11) is -5.34. The highest BCUT2D eigenvalue weighted by Crippen LogP contribution is 2.35. The number of hydrogen-bond acceptors (Lipinski definition) is 6. The van der Waals surface area contributed by atoms with E-state index < -0.39 is 16.2 Å². The molecular weight excluding hydrogens is 328 g/mol. The molecule has 6 nitrogen and oxygen atoms in total. The third-order valence-electron chi connectivity index (χ3n) is 3.59. The Morgan fingerprint density at radius 1 is 0.783 bits per heavy atom. The maximum Gasteiger partial charge on any atom is 0.503 e. The average molecular weight is 367 g/mol. The molecule has 4 N–H and O–H groups in total. The summed E-state index contributed by atoms with van der Waals surface area (Å²) in [6, 6.07) is 1.79. The van der Waals surface area contributed by atoms with Crippen molar-refractivity contribution < 1.29 is 17.7 Å². The van der Waals surface area contributed by atoms with Crippen molar-refractivity contribution in [1.82, 2.24) is 0 Å². The van der Waals surface area contributed by atoms with E-state index in [1.807, 2.05) is 20.8 Å². The van der Waals surface area contributed by atoms with Gasteiger partial charge in [0.1, 0.15) is 0 Å². The summed E-state index contributed by atoms with van der Waals surface area (Å²) >= 11 is 0. The van der Waals surface area contributed by atoms with Crippen LogP contribution in [0.15, 0.2) is 0 Å². The molecular formula is C15H38N2O4Si2. The van der Waals surface area contributed by atoms with E-state index in [0.717, 1.165) is 24.9 Å². The highest BCUT2D eigenvalue weighted by Gasteiger charge is 2.64. The Hall–Kier alpha value is 0.194. The number of rotatable bonds is 15. The van der Waals surface area contributed by atoms with Gasteiger partial charge in [0, 0.05) is 25.9 Å². The van der Waals surface area contributed by atoms with Crippen LogP contribution in [-0.2, 0) is 17.7 Å². The molecule has 0 fully saturated rings. The van der Waals surface area contributed by atoms with Gasteiger partial charge in [-0.25, -0.2) is 0 Å². The molecule has 23 heavy (non-hydrogen) atoms. The molecule has 8 heteroatoms. The lowest BCUT2D eigenvalue weighted by Gasteiger charge is -2.44. The standard InChI is InChI=1S/C15H38N2O4Si2/c1-6-18-23(19-7-2,20-8-3)22(13-9-11-16,14-10-12-17)21-15(4)5/h15H,6-14,16-17H2,1-5H3. The Balaban J connectivity index is 5.86. The van der Waals surface area contributed by atoms with Gasteiger partial charge >= 0.3 is 8.32 Å². The molecule has 0 aliphatic carbocycles. The van der Waals surface area contributed by atoms with Crippen LogP contribution in [0.3, 0.4) is 0 Å². The largest absolute Gasteiger partial charge is 0.503 e. The van der Waals surface area contributed by atoms with E-state index in [0.29, 0.717) is 32.9 Å². The molecule has 0 aromatic carbocycles. The summed E-state index contributed by atoms with van der Waals surface area (Å²) in [5, 5.41) is 0. The van der Waals surface area contributed by atoms with Crippen molar-refractivity contribution in [2.75, 3.05) is 32.9 Å². The van der Waals surface area contributed by atoms with Crippen molar-refractivity contribution in [3.8, 4) is 0 Å². The summed E-state index contributed by atoms with van der Waals surface area (Å²) in [6.07, 6.45) is 1.89. The van der Waals surface area contributed by atoms with Crippen LogP contribution in [0.2, 0.25) is 12.1 Å². The third-order valence-corrected chi connectivity index (χ3v) is 16.5. The molecule has 0 saturated heterocycles. The van der Waals surface area contributed by atoms with Gasteiger partial charge in [-0.3, -0.25) is 0 Å². The van der Waals surface area contributed by atoms with Crippen LogP contribution in [0.4, 0.5) is 0 Å². The van der Waals surface area contributed by atoms with E-state index in [2.05, 4.69) is 13.8 Å². The molecule has 0 aromatic heterocycles. The van der Waals surface area contributed by atoms with Crippen LogP contribution in [0, 0.1) is 0 Å². The van der Waals surface area contributed by atoms with Crippen molar-refractivity contribution in [2.45, 2.75) is 65.7 Å². The van der Waals surface area contributed by atoms with Gasteiger partial charge in [-0.2, -0.15) is 0 Å². The molecule has 0 amide bonds. The van der Waals surface area contributed by atoms with E-state index >= 15 is 0 Å². The summed E-state index contributed by atoms with van der Waals surface area (Å²) in [6.45, 7) is 13.0. The lowest BCUT2D eigenvalue weighted by Crippen LogP contribution is -2.71. The SMILES string of the molecule is CCO[Si](OCC)(OCC)[Si](CCCN)(CCCN)OC(C)C. The zero-order valence-corrected chi connectivity index (χ0v) is 17.7. The first-order valence-electron chi connectivity index (χ1n) is 8.97. The van der Waals surface area contributed by atoms with Crippen LogP contribution < -0.4 is 11.5 Å². The van der Waals surface area contributed by atoms with Gasteiger partial charge < -0.3 is 29.2 Å². The third kappa shape index (κ3) is 6.91. The highest BCUT2D eigenvalue weighted by atomic mass is 29.3. The van der Waals surface area contributed by atoms with Crippen molar-refractivity contribution in [2.24, 2.45) is 11.5 Å². The van der Waals surface area contributed by atoms with Crippen LogP contribution in [0.25, 0.3) is 0 Å². The van der Waals surface area contributed by atoms with Crippen LogP contribution >= 0.6 is 0 Å². The minimum absolute atomic E-state index is 0.102. The van der Waals surface area contributed by atoms with E-state index in [1.165, 1.54) is 0 Å². The van der Waals surface area contributed by atoms with Crippen molar-refractivity contribution in [3.05, 3.63) is 0 Å². The van der Waals surface area contributed by atoms with E-state index in [9.17, 15) is 0 Å². The molecule has 0 radical (unpaired) electrons. The van der Waals surface area contributed by atoms with E-state index in [1.54, 1.807) is 0 Å². The predicted octanol–water partition coefficient (Wildman–Crippen LogP) is 2.18. The van der Waals surface area contributed by atoms with Gasteiger partial charge in [-0.15, -0.1) is 0 Å². The first kappa shape index (κ1) is 23.2. The topological polar surface area (TPSA) is 89.0 Å². The second kappa shape index (κ2) is 12.5. The molecule has 140 valence electrons. The molecule has 0 rings (SSSR count). The van der Waals surface area contributed by atoms with Crippen molar-refractivity contribution >= 4 is 16.2 Å². The normalized spacial score (nSPS) is 13.0. The Bertz CT molecular complexity index is 272. The molecule has 0 spiro atoms. The van der Waals surface area contributed by atoms with Crippen molar-refractivity contribution in [3.63, 3.8) is 0 Å². The fraction of sp³-hybridized carbons (Fsp3) is 1.00.